The number of pyridine rings is 1. The van der Waals surface area contributed by atoms with Gasteiger partial charge in [-0.2, -0.15) is 0 Å². The lowest BCUT2D eigenvalue weighted by atomic mass is 9.94. The van der Waals surface area contributed by atoms with Crippen molar-refractivity contribution in [3.05, 3.63) is 77.0 Å². The third-order valence-electron chi connectivity index (χ3n) is 5.75. The van der Waals surface area contributed by atoms with Gasteiger partial charge in [0.25, 0.3) is 5.91 Å². The number of hydrogen-bond donors (Lipinski definition) is 2. The van der Waals surface area contributed by atoms with E-state index in [9.17, 15) is 9.59 Å². The van der Waals surface area contributed by atoms with Crippen molar-refractivity contribution >= 4 is 23.3 Å². The van der Waals surface area contributed by atoms with Gasteiger partial charge in [0.05, 0.1) is 0 Å². The average molecular weight is 415 g/mol. The molecule has 31 heavy (non-hydrogen) atoms. The van der Waals surface area contributed by atoms with Crippen LogP contribution in [0.3, 0.4) is 0 Å². The van der Waals surface area contributed by atoms with Crippen molar-refractivity contribution in [2.75, 3.05) is 23.3 Å². The molecule has 0 bridgehead atoms. The summed E-state index contributed by atoms with van der Waals surface area (Å²) in [7, 11) is 0. The van der Waals surface area contributed by atoms with Crippen LogP contribution in [0, 0.1) is 13.8 Å². The number of aromatic nitrogens is 1. The number of carbonyl (C=O) groups excluding carboxylic acids is 2. The number of primary amides is 1. The molecule has 158 valence electrons. The minimum absolute atomic E-state index is 0.180. The molecule has 0 unspecified atom stereocenters. The Labute approximate surface area is 182 Å². The predicted octanol–water partition coefficient (Wildman–Crippen LogP) is 4.32. The number of aryl methyl sites for hydroxylation is 2. The van der Waals surface area contributed by atoms with E-state index in [1.807, 2.05) is 44.2 Å². The summed E-state index contributed by atoms with van der Waals surface area (Å²) < 4.78 is 0. The third-order valence-corrected chi connectivity index (χ3v) is 5.75. The molecule has 2 amide bonds. The molecule has 0 saturated carbocycles. The summed E-state index contributed by atoms with van der Waals surface area (Å²) in [5.41, 5.74) is 11.1. The van der Waals surface area contributed by atoms with E-state index in [4.69, 9.17) is 5.73 Å². The molecule has 4 rings (SSSR count). The molecule has 6 nitrogen and oxygen atoms in total. The van der Waals surface area contributed by atoms with Crippen LogP contribution in [0.25, 0.3) is 11.1 Å². The van der Waals surface area contributed by atoms with Gasteiger partial charge in [0.1, 0.15) is 5.82 Å². The topological polar surface area (TPSA) is 88.3 Å². The molecule has 0 aliphatic carbocycles. The highest BCUT2D eigenvalue weighted by Crippen LogP contribution is 2.30. The first-order valence-corrected chi connectivity index (χ1v) is 10.5. The fraction of sp³-hybridized carbons (Fsp3) is 0.240. The molecule has 1 saturated heterocycles. The number of nitrogens with zero attached hydrogens (tertiary/aromatic N) is 2. The molecule has 1 aliphatic rings. The zero-order valence-corrected chi connectivity index (χ0v) is 17.8. The Balaban J connectivity index is 1.61. The fourth-order valence-corrected chi connectivity index (χ4v) is 3.94. The van der Waals surface area contributed by atoms with Crippen LogP contribution in [0.5, 0.6) is 0 Å². The average Bonchev–Trinajstić information content (AvgIpc) is 3.30. The highest BCUT2D eigenvalue weighted by atomic mass is 16.2. The number of rotatable bonds is 5. The van der Waals surface area contributed by atoms with E-state index in [-0.39, 0.29) is 5.91 Å². The van der Waals surface area contributed by atoms with E-state index in [0.29, 0.717) is 16.8 Å². The third kappa shape index (κ3) is 4.43. The molecule has 0 spiro atoms. The van der Waals surface area contributed by atoms with Crippen molar-refractivity contribution in [2.24, 2.45) is 5.73 Å². The quantitative estimate of drug-likeness (QED) is 0.651. The van der Waals surface area contributed by atoms with Crippen molar-refractivity contribution in [2.45, 2.75) is 26.7 Å². The van der Waals surface area contributed by atoms with Crippen LogP contribution in [0.15, 0.2) is 54.7 Å². The Kier molecular flexibility index (Phi) is 5.71. The molecule has 3 N–H and O–H groups in total. The monoisotopic (exact) mass is 414 g/mol. The Hall–Kier alpha value is -3.67. The summed E-state index contributed by atoms with van der Waals surface area (Å²) in [6, 6.07) is 14.8. The van der Waals surface area contributed by atoms with Gasteiger partial charge < -0.3 is 16.0 Å². The normalized spacial score (nSPS) is 13.3. The Bertz CT molecular complexity index is 1150. The standard InChI is InChI=1S/C25H26N4O2/c1-16-5-7-18(24(26)30)13-21(16)22-15-20(8-6-17(22)2)28-25(31)19-9-10-27-23(14-19)29-11-3-4-12-29/h5-10,13-15H,3-4,11-12H2,1-2H3,(H2,26,30)(H,28,31). The number of carbonyl (C=O) groups is 2. The predicted molar refractivity (Wildman–Crippen MR) is 124 cm³/mol. The largest absolute Gasteiger partial charge is 0.366 e. The van der Waals surface area contributed by atoms with Crippen LogP contribution in [-0.2, 0) is 0 Å². The van der Waals surface area contributed by atoms with Crippen molar-refractivity contribution in [3.8, 4) is 11.1 Å². The summed E-state index contributed by atoms with van der Waals surface area (Å²) in [5.74, 6) is 0.198. The van der Waals surface area contributed by atoms with Gasteiger partial charge in [-0.1, -0.05) is 12.1 Å². The van der Waals surface area contributed by atoms with Crippen LogP contribution in [0.1, 0.15) is 44.7 Å². The van der Waals surface area contributed by atoms with Crippen LogP contribution in [-0.4, -0.2) is 29.9 Å². The van der Waals surface area contributed by atoms with Gasteiger partial charge in [-0.05, 0) is 85.3 Å². The summed E-state index contributed by atoms with van der Waals surface area (Å²) in [4.78, 5) is 31.2. The SMILES string of the molecule is Cc1ccc(NC(=O)c2ccnc(N3CCCC3)c2)cc1-c1cc(C(N)=O)ccc1C. The highest BCUT2D eigenvalue weighted by molar-refractivity contribution is 6.05. The smallest absolute Gasteiger partial charge is 0.255 e. The lowest BCUT2D eigenvalue weighted by Gasteiger charge is -2.17. The molecule has 3 aromatic rings. The first-order chi connectivity index (χ1) is 14.9. The molecule has 0 atom stereocenters. The molecule has 2 heterocycles. The minimum Gasteiger partial charge on any atom is -0.366 e. The number of nitrogens with two attached hydrogens (primary N) is 1. The highest BCUT2D eigenvalue weighted by Gasteiger charge is 2.16. The lowest BCUT2D eigenvalue weighted by molar-refractivity contribution is 0.0997. The second-order valence-electron chi connectivity index (χ2n) is 7.97. The van der Waals surface area contributed by atoms with E-state index in [1.165, 1.54) is 0 Å². The first-order valence-electron chi connectivity index (χ1n) is 10.5. The molecule has 1 fully saturated rings. The van der Waals surface area contributed by atoms with E-state index in [1.54, 1.807) is 24.4 Å². The van der Waals surface area contributed by atoms with Gasteiger partial charge >= 0.3 is 0 Å². The van der Waals surface area contributed by atoms with Crippen molar-refractivity contribution in [3.63, 3.8) is 0 Å². The number of benzene rings is 2. The van der Waals surface area contributed by atoms with Gasteiger partial charge in [0.2, 0.25) is 5.91 Å². The molecule has 0 radical (unpaired) electrons. The summed E-state index contributed by atoms with van der Waals surface area (Å²) >= 11 is 0. The number of amides is 2. The van der Waals surface area contributed by atoms with Crippen LogP contribution in [0.4, 0.5) is 11.5 Å². The lowest BCUT2D eigenvalue weighted by Crippen LogP contribution is -2.20. The second-order valence-corrected chi connectivity index (χ2v) is 7.97. The molecular formula is C25H26N4O2. The summed E-state index contributed by atoms with van der Waals surface area (Å²) in [6.07, 6.45) is 3.99. The molecule has 1 aromatic heterocycles. The van der Waals surface area contributed by atoms with Crippen LogP contribution < -0.4 is 16.0 Å². The van der Waals surface area contributed by atoms with Crippen LogP contribution in [0.2, 0.25) is 0 Å². The van der Waals surface area contributed by atoms with Gasteiger partial charge in [-0.3, -0.25) is 9.59 Å². The molecule has 6 heteroatoms. The maximum Gasteiger partial charge on any atom is 0.255 e. The van der Waals surface area contributed by atoms with Gasteiger partial charge in [-0.25, -0.2) is 4.98 Å². The zero-order valence-electron chi connectivity index (χ0n) is 17.8. The Morgan fingerprint density at radius 1 is 0.903 bits per heavy atom. The van der Waals surface area contributed by atoms with E-state index in [2.05, 4.69) is 15.2 Å². The van der Waals surface area contributed by atoms with E-state index in [0.717, 1.165) is 54.0 Å². The first kappa shape index (κ1) is 20.6. The van der Waals surface area contributed by atoms with Crippen LogP contribution >= 0.6 is 0 Å². The van der Waals surface area contributed by atoms with Gasteiger partial charge in [0, 0.05) is 36.1 Å². The van der Waals surface area contributed by atoms with Crippen molar-refractivity contribution in [1.82, 2.24) is 4.98 Å². The maximum absolute atomic E-state index is 12.9. The maximum atomic E-state index is 12.9. The Morgan fingerprint density at radius 2 is 1.58 bits per heavy atom. The van der Waals surface area contributed by atoms with Gasteiger partial charge in [0.15, 0.2) is 0 Å². The Morgan fingerprint density at radius 3 is 2.29 bits per heavy atom. The molecule has 1 aliphatic heterocycles. The van der Waals surface area contributed by atoms with E-state index >= 15 is 0 Å². The minimum atomic E-state index is -0.463. The van der Waals surface area contributed by atoms with Crippen molar-refractivity contribution < 1.29 is 9.59 Å². The summed E-state index contributed by atoms with van der Waals surface area (Å²) in [5, 5.41) is 2.99. The molecule has 2 aromatic carbocycles. The number of anilines is 2. The van der Waals surface area contributed by atoms with Gasteiger partial charge in [-0.15, -0.1) is 0 Å². The summed E-state index contributed by atoms with van der Waals surface area (Å²) in [6.45, 7) is 5.94. The van der Waals surface area contributed by atoms with E-state index < -0.39 is 5.91 Å². The fourth-order valence-electron chi connectivity index (χ4n) is 3.94. The zero-order chi connectivity index (χ0) is 22.0. The number of nitrogens with one attached hydrogen (secondary N) is 1. The second kappa shape index (κ2) is 8.60. The van der Waals surface area contributed by atoms with Crippen molar-refractivity contribution in [1.29, 1.82) is 0 Å². The molecular weight excluding hydrogens is 388 g/mol. The number of hydrogen-bond acceptors (Lipinski definition) is 4.